The van der Waals surface area contributed by atoms with Crippen LogP contribution in [0.3, 0.4) is 0 Å². The molecule has 0 radical (unpaired) electrons. The Labute approximate surface area is 150 Å². The van der Waals surface area contributed by atoms with Crippen molar-refractivity contribution in [2.45, 2.75) is 25.8 Å². The van der Waals surface area contributed by atoms with Gasteiger partial charge in [-0.2, -0.15) is 0 Å². The summed E-state index contributed by atoms with van der Waals surface area (Å²) < 4.78 is 1.74. The molecule has 1 aromatic carbocycles. The molecule has 1 unspecified atom stereocenters. The maximum Gasteiger partial charge on any atom is 0.226 e. The van der Waals surface area contributed by atoms with Gasteiger partial charge in [0, 0.05) is 19.7 Å². The molecule has 3 aromatic rings. The van der Waals surface area contributed by atoms with Crippen LogP contribution < -0.4 is 5.32 Å². The molecular weight excluding hydrogens is 330 g/mol. The molecular formula is C19H19N5O2. The molecule has 0 saturated carbocycles. The molecule has 1 aliphatic rings. The molecule has 2 aromatic heterocycles. The average Bonchev–Trinajstić information content (AvgIpc) is 3.09. The van der Waals surface area contributed by atoms with Crippen molar-refractivity contribution in [1.29, 1.82) is 0 Å². The predicted molar refractivity (Wildman–Crippen MR) is 96.5 cm³/mol. The second kappa shape index (κ2) is 6.59. The maximum atomic E-state index is 12.6. The first-order valence-corrected chi connectivity index (χ1v) is 8.56. The van der Waals surface area contributed by atoms with E-state index in [4.69, 9.17) is 0 Å². The Hall–Kier alpha value is -3.22. The standard InChI is InChI=1S/C19H19N5O2/c1-13(25)24-9-8-14-4-2-3-5-16(14)17(24)10-19(26)21-15-6-7-18-22-20-12-23(18)11-15/h2-7,11-12,17H,8-10H2,1H3,(H,21,26). The number of amides is 2. The normalized spacial score (nSPS) is 16.3. The molecule has 1 N–H and O–H groups in total. The highest BCUT2D eigenvalue weighted by molar-refractivity contribution is 5.91. The number of nitrogens with one attached hydrogen (secondary N) is 1. The quantitative estimate of drug-likeness (QED) is 0.786. The van der Waals surface area contributed by atoms with Gasteiger partial charge in [-0.3, -0.25) is 14.0 Å². The van der Waals surface area contributed by atoms with Crippen LogP contribution in [0, 0.1) is 0 Å². The molecule has 0 fully saturated rings. The van der Waals surface area contributed by atoms with Gasteiger partial charge < -0.3 is 10.2 Å². The summed E-state index contributed by atoms with van der Waals surface area (Å²) in [5.41, 5.74) is 3.64. The van der Waals surface area contributed by atoms with E-state index < -0.39 is 0 Å². The molecule has 1 aliphatic heterocycles. The molecule has 3 heterocycles. The number of benzene rings is 1. The van der Waals surface area contributed by atoms with Gasteiger partial charge in [0.05, 0.1) is 18.2 Å². The van der Waals surface area contributed by atoms with Crippen LogP contribution in [0.1, 0.15) is 30.5 Å². The van der Waals surface area contributed by atoms with E-state index >= 15 is 0 Å². The Kier molecular flexibility index (Phi) is 4.12. The van der Waals surface area contributed by atoms with Crippen molar-refractivity contribution in [3.05, 3.63) is 60.0 Å². The molecule has 132 valence electrons. The summed E-state index contributed by atoms with van der Waals surface area (Å²) in [6.45, 7) is 2.19. The molecule has 0 spiro atoms. The summed E-state index contributed by atoms with van der Waals surface area (Å²) in [6.07, 6.45) is 4.39. The Balaban J connectivity index is 1.55. The minimum Gasteiger partial charge on any atom is -0.335 e. The lowest BCUT2D eigenvalue weighted by Gasteiger charge is -2.36. The van der Waals surface area contributed by atoms with Gasteiger partial charge in [0.1, 0.15) is 6.33 Å². The van der Waals surface area contributed by atoms with Crippen LogP contribution in [0.15, 0.2) is 48.9 Å². The second-order valence-electron chi connectivity index (χ2n) is 6.44. The van der Waals surface area contributed by atoms with Crippen molar-refractivity contribution >= 4 is 23.1 Å². The van der Waals surface area contributed by atoms with E-state index in [-0.39, 0.29) is 24.3 Å². The summed E-state index contributed by atoms with van der Waals surface area (Å²) in [5, 5.41) is 10.7. The SMILES string of the molecule is CC(=O)N1CCc2ccccc2C1CC(=O)Nc1ccc2nncn2c1. The van der Waals surface area contributed by atoms with Gasteiger partial charge in [0.2, 0.25) is 11.8 Å². The van der Waals surface area contributed by atoms with E-state index in [1.54, 1.807) is 40.9 Å². The van der Waals surface area contributed by atoms with Crippen molar-refractivity contribution < 1.29 is 9.59 Å². The van der Waals surface area contributed by atoms with Gasteiger partial charge in [-0.15, -0.1) is 10.2 Å². The minimum absolute atomic E-state index is 0.0109. The van der Waals surface area contributed by atoms with Crippen LogP contribution in [0.2, 0.25) is 0 Å². The number of fused-ring (bicyclic) bond motifs is 2. The fourth-order valence-corrected chi connectivity index (χ4v) is 3.54. The van der Waals surface area contributed by atoms with Gasteiger partial charge in [0.15, 0.2) is 5.65 Å². The van der Waals surface area contributed by atoms with Gasteiger partial charge in [-0.05, 0) is 29.7 Å². The molecule has 26 heavy (non-hydrogen) atoms. The molecule has 0 saturated heterocycles. The molecule has 0 bridgehead atoms. The summed E-state index contributed by atoms with van der Waals surface area (Å²) >= 11 is 0. The van der Waals surface area contributed by atoms with Gasteiger partial charge in [0.25, 0.3) is 0 Å². The average molecular weight is 349 g/mol. The van der Waals surface area contributed by atoms with Gasteiger partial charge in [-0.25, -0.2) is 0 Å². The molecule has 2 amide bonds. The van der Waals surface area contributed by atoms with E-state index in [0.717, 1.165) is 12.0 Å². The van der Waals surface area contributed by atoms with Gasteiger partial charge >= 0.3 is 0 Å². The fourth-order valence-electron chi connectivity index (χ4n) is 3.54. The molecule has 0 aliphatic carbocycles. The van der Waals surface area contributed by atoms with E-state index in [2.05, 4.69) is 21.6 Å². The first-order chi connectivity index (χ1) is 12.6. The van der Waals surface area contributed by atoms with Crippen LogP contribution in [0.5, 0.6) is 0 Å². The summed E-state index contributed by atoms with van der Waals surface area (Å²) in [4.78, 5) is 26.5. The number of aromatic nitrogens is 3. The van der Waals surface area contributed by atoms with Crippen LogP contribution in [-0.4, -0.2) is 37.9 Å². The highest BCUT2D eigenvalue weighted by Crippen LogP contribution is 2.32. The number of carbonyl (C=O) groups excluding carboxylic acids is 2. The maximum absolute atomic E-state index is 12.6. The van der Waals surface area contributed by atoms with Crippen molar-refractivity contribution in [3.63, 3.8) is 0 Å². The van der Waals surface area contributed by atoms with Crippen molar-refractivity contribution in [1.82, 2.24) is 19.5 Å². The Morgan fingerprint density at radius 1 is 1.23 bits per heavy atom. The number of hydrogen-bond donors (Lipinski definition) is 1. The van der Waals surface area contributed by atoms with Crippen molar-refractivity contribution in [2.75, 3.05) is 11.9 Å². The number of nitrogens with zero attached hydrogens (tertiary/aromatic N) is 4. The van der Waals surface area contributed by atoms with Crippen LogP contribution in [-0.2, 0) is 16.0 Å². The zero-order valence-electron chi connectivity index (χ0n) is 14.4. The van der Waals surface area contributed by atoms with Crippen molar-refractivity contribution in [2.24, 2.45) is 0 Å². The predicted octanol–water partition coefficient (Wildman–Crippen LogP) is 2.20. The van der Waals surface area contributed by atoms with Crippen LogP contribution >= 0.6 is 0 Å². The Bertz CT molecular complexity index is 981. The van der Waals surface area contributed by atoms with E-state index in [9.17, 15) is 9.59 Å². The molecule has 7 nitrogen and oxygen atoms in total. The molecule has 7 heteroatoms. The highest BCUT2D eigenvalue weighted by atomic mass is 16.2. The largest absolute Gasteiger partial charge is 0.335 e. The smallest absolute Gasteiger partial charge is 0.226 e. The lowest BCUT2D eigenvalue weighted by molar-refractivity contribution is -0.132. The third kappa shape index (κ3) is 3.03. The molecule has 4 rings (SSSR count). The monoisotopic (exact) mass is 349 g/mol. The summed E-state index contributed by atoms with van der Waals surface area (Å²) in [7, 11) is 0. The number of anilines is 1. The lowest BCUT2D eigenvalue weighted by atomic mass is 9.90. The zero-order chi connectivity index (χ0) is 18.1. The van der Waals surface area contributed by atoms with Gasteiger partial charge in [-0.1, -0.05) is 24.3 Å². The Morgan fingerprint density at radius 2 is 2.08 bits per heavy atom. The summed E-state index contributed by atoms with van der Waals surface area (Å²) in [6, 6.07) is 11.4. The number of rotatable bonds is 3. The summed E-state index contributed by atoms with van der Waals surface area (Å²) in [5.74, 6) is -0.145. The van der Waals surface area contributed by atoms with E-state index in [1.807, 2.05) is 18.2 Å². The zero-order valence-corrected chi connectivity index (χ0v) is 14.4. The molecule has 1 atom stereocenters. The third-order valence-electron chi connectivity index (χ3n) is 4.77. The minimum atomic E-state index is -0.240. The highest BCUT2D eigenvalue weighted by Gasteiger charge is 2.30. The number of pyridine rings is 1. The second-order valence-corrected chi connectivity index (χ2v) is 6.44. The van der Waals surface area contributed by atoms with Crippen molar-refractivity contribution in [3.8, 4) is 0 Å². The van der Waals surface area contributed by atoms with Crippen LogP contribution in [0.25, 0.3) is 5.65 Å². The Morgan fingerprint density at radius 3 is 2.92 bits per heavy atom. The first kappa shape index (κ1) is 16.3. The number of carbonyl (C=O) groups is 2. The first-order valence-electron chi connectivity index (χ1n) is 8.56. The van der Waals surface area contributed by atoms with E-state index in [0.29, 0.717) is 17.9 Å². The fraction of sp³-hybridized carbons (Fsp3) is 0.263. The third-order valence-corrected chi connectivity index (χ3v) is 4.77. The topological polar surface area (TPSA) is 79.6 Å². The van der Waals surface area contributed by atoms with E-state index in [1.165, 1.54) is 5.56 Å². The number of hydrogen-bond acceptors (Lipinski definition) is 4. The lowest BCUT2D eigenvalue weighted by Crippen LogP contribution is -2.40. The van der Waals surface area contributed by atoms with Crippen LogP contribution in [0.4, 0.5) is 5.69 Å².